The monoisotopic (exact) mass is 609 g/mol. The van der Waals surface area contributed by atoms with E-state index in [-0.39, 0.29) is 32.6 Å². The summed E-state index contributed by atoms with van der Waals surface area (Å²) in [5, 5.41) is 12.5. The van der Waals surface area contributed by atoms with Crippen LogP contribution in [0.25, 0.3) is 6.08 Å². The maximum absolute atomic E-state index is 13.8. The van der Waals surface area contributed by atoms with Gasteiger partial charge in [0.05, 0.1) is 27.0 Å². The number of carbonyl (C=O) groups excluding carboxylic acids is 1. The van der Waals surface area contributed by atoms with E-state index in [1.54, 1.807) is 11.0 Å². The maximum atomic E-state index is 13.8. The summed E-state index contributed by atoms with van der Waals surface area (Å²) in [6.45, 7) is 2.60. The van der Waals surface area contributed by atoms with Crippen molar-refractivity contribution in [3.8, 4) is 0 Å². The molecule has 35 heavy (non-hydrogen) atoms. The predicted molar refractivity (Wildman–Crippen MR) is 135 cm³/mol. The van der Waals surface area contributed by atoms with Gasteiger partial charge in [0.15, 0.2) is 0 Å². The minimum absolute atomic E-state index is 0.00353. The highest BCUT2D eigenvalue weighted by Gasteiger charge is 2.39. The summed E-state index contributed by atoms with van der Waals surface area (Å²) < 4.78 is 41.7. The molecule has 1 amide bonds. The van der Waals surface area contributed by atoms with Gasteiger partial charge in [-0.1, -0.05) is 75.0 Å². The third kappa shape index (κ3) is 7.15. The van der Waals surface area contributed by atoms with Crippen LogP contribution in [0.5, 0.6) is 0 Å². The van der Waals surface area contributed by atoms with Crippen molar-refractivity contribution in [1.29, 1.82) is 0 Å². The van der Waals surface area contributed by atoms with Gasteiger partial charge in [-0.05, 0) is 53.6 Å². The van der Waals surface area contributed by atoms with Gasteiger partial charge in [0.25, 0.3) is 0 Å². The lowest BCUT2D eigenvalue weighted by atomic mass is 9.97. The molecule has 0 spiro atoms. The maximum Gasteiger partial charge on any atom is 0.399 e. The van der Waals surface area contributed by atoms with Crippen molar-refractivity contribution in [2.75, 3.05) is 13.1 Å². The molecule has 1 heterocycles. The fourth-order valence-electron chi connectivity index (χ4n) is 3.72. The van der Waals surface area contributed by atoms with Crippen LogP contribution in [0.4, 0.5) is 13.2 Å². The van der Waals surface area contributed by atoms with Crippen molar-refractivity contribution in [3.05, 3.63) is 72.6 Å². The van der Waals surface area contributed by atoms with Crippen molar-refractivity contribution >= 4 is 68.6 Å². The lowest BCUT2D eigenvalue weighted by molar-refractivity contribution is -0.213. The van der Waals surface area contributed by atoms with Gasteiger partial charge in [-0.3, -0.25) is 9.79 Å². The third-order valence-electron chi connectivity index (χ3n) is 5.63. The van der Waals surface area contributed by atoms with Gasteiger partial charge in [0.2, 0.25) is 5.91 Å². The summed E-state index contributed by atoms with van der Waals surface area (Å²) in [6, 6.07) is 6.69. The van der Waals surface area contributed by atoms with Crippen LogP contribution in [-0.2, 0) is 4.79 Å². The highest BCUT2D eigenvalue weighted by Crippen LogP contribution is 2.41. The summed E-state index contributed by atoms with van der Waals surface area (Å²) in [7, 11) is 0. The lowest BCUT2D eigenvalue weighted by Crippen LogP contribution is -2.39. The van der Waals surface area contributed by atoms with Crippen LogP contribution in [0.1, 0.15) is 42.4 Å². The fraction of sp³-hybridized carbons (Fsp3) is 0.333. The van der Waals surface area contributed by atoms with E-state index in [4.69, 9.17) is 34.8 Å². The number of piperidine rings is 1. The number of allylic oxidation sites excluding steroid dienone is 1. The number of aliphatic imine (C=N–C) groups is 1. The molecule has 0 aromatic heterocycles. The largest absolute Gasteiger partial charge is 0.858 e. The van der Waals surface area contributed by atoms with Gasteiger partial charge in [-0.2, -0.15) is 13.2 Å². The van der Waals surface area contributed by atoms with Crippen molar-refractivity contribution < 1.29 is 23.1 Å². The highest BCUT2D eigenvalue weighted by molar-refractivity contribution is 9.10. The van der Waals surface area contributed by atoms with Crippen molar-refractivity contribution in [3.63, 3.8) is 0 Å². The number of alkyl halides is 3. The van der Waals surface area contributed by atoms with Gasteiger partial charge in [-0.25, -0.2) is 0 Å². The van der Waals surface area contributed by atoms with Crippen LogP contribution in [0, 0.1) is 0 Å². The normalized spacial score (nSPS) is 16.7. The molecule has 1 saturated heterocycles. The molecule has 0 bridgehead atoms. The first kappa shape index (κ1) is 27.8. The molecule has 188 valence electrons. The zero-order chi connectivity index (χ0) is 25.9. The Morgan fingerprint density at radius 1 is 1.17 bits per heavy atom. The van der Waals surface area contributed by atoms with E-state index in [0.717, 1.165) is 18.2 Å². The molecule has 1 aliphatic heterocycles. The van der Waals surface area contributed by atoms with E-state index in [2.05, 4.69) is 20.9 Å². The van der Waals surface area contributed by atoms with Crippen LogP contribution in [0.2, 0.25) is 15.1 Å². The Hall–Kier alpha value is -1.74. The molecule has 1 unspecified atom stereocenters. The number of benzene rings is 2. The van der Waals surface area contributed by atoms with Crippen molar-refractivity contribution in [1.82, 2.24) is 4.90 Å². The van der Waals surface area contributed by atoms with Gasteiger partial charge < -0.3 is 10.0 Å². The number of carbonyl (C=O) groups is 1. The zero-order valence-electron chi connectivity index (χ0n) is 18.4. The standard InChI is InChI=1S/C24H21BrCl3F3N2O2/c1-13(34)33-8-6-16(7-9-33)32-23(35)17-4-2-14(10-19(17)25)3-5-18(24(29,30)31)15-11-20(26)22(28)21(27)12-15/h2-5,10-12,16,18H,6-9H2,1H3,(H,32,35)/p-1/b5-3+. The van der Waals surface area contributed by atoms with E-state index < -0.39 is 18.0 Å². The van der Waals surface area contributed by atoms with E-state index in [1.807, 2.05) is 0 Å². The Labute approximate surface area is 224 Å². The van der Waals surface area contributed by atoms with Gasteiger partial charge >= 0.3 is 6.18 Å². The summed E-state index contributed by atoms with van der Waals surface area (Å²) in [6.07, 6.45) is -1.10. The molecule has 2 aromatic carbocycles. The molecular weight excluding hydrogens is 592 g/mol. The number of amides is 1. The molecule has 0 radical (unpaired) electrons. The van der Waals surface area contributed by atoms with E-state index in [9.17, 15) is 23.1 Å². The number of likely N-dealkylation sites (tertiary alicyclic amines) is 1. The van der Waals surface area contributed by atoms with Crippen molar-refractivity contribution in [2.45, 2.75) is 37.9 Å². The molecule has 1 aliphatic rings. The Morgan fingerprint density at radius 3 is 2.29 bits per heavy atom. The Kier molecular flexibility index (Phi) is 9.18. The minimum Gasteiger partial charge on any atom is -0.858 e. The summed E-state index contributed by atoms with van der Waals surface area (Å²) in [4.78, 5) is 17.4. The second kappa shape index (κ2) is 11.5. The first-order valence-corrected chi connectivity index (χ1v) is 12.5. The van der Waals surface area contributed by atoms with Crippen LogP contribution >= 0.6 is 50.7 Å². The van der Waals surface area contributed by atoms with Crippen LogP contribution in [0.3, 0.4) is 0 Å². The second-order valence-electron chi connectivity index (χ2n) is 8.09. The van der Waals surface area contributed by atoms with Gasteiger partial charge in [0.1, 0.15) is 0 Å². The van der Waals surface area contributed by atoms with Crippen molar-refractivity contribution in [2.24, 2.45) is 4.99 Å². The van der Waals surface area contributed by atoms with Gasteiger partial charge in [-0.15, -0.1) is 0 Å². The molecule has 0 saturated carbocycles. The van der Waals surface area contributed by atoms with Gasteiger partial charge in [0, 0.05) is 24.5 Å². The molecular formula is C24H20BrCl3F3N2O2-. The average molecular weight is 612 g/mol. The first-order chi connectivity index (χ1) is 16.4. The molecule has 0 N–H and O–H groups in total. The van der Waals surface area contributed by atoms with Crippen LogP contribution in [-0.4, -0.2) is 42.0 Å². The fourth-order valence-corrected chi connectivity index (χ4v) is 4.90. The Bertz CT molecular complexity index is 1140. The topological polar surface area (TPSA) is 55.7 Å². The molecule has 1 fully saturated rings. The Morgan fingerprint density at radius 2 is 1.77 bits per heavy atom. The zero-order valence-corrected chi connectivity index (χ0v) is 22.2. The lowest BCUT2D eigenvalue weighted by Gasteiger charge is -2.30. The number of hydrogen-bond donors (Lipinski definition) is 0. The average Bonchev–Trinajstić information content (AvgIpc) is 2.77. The molecule has 1 atom stereocenters. The smallest absolute Gasteiger partial charge is 0.399 e. The number of hydrogen-bond acceptors (Lipinski definition) is 3. The molecule has 0 aliphatic carbocycles. The SMILES string of the molecule is CC(=O)N1CCC(N=C([O-])c2ccc(/C=C/C(c3cc(Cl)c(Cl)c(Cl)c3)C(F)(F)F)cc2Br)CC1. The molecule has 3 rings (SSSR count). The molecule has 2 aromatic rings. The quantitative estimate of drug-likeness (QED) is 0.210. The van der Waals surface area contributed by atoms with E-state index in [0.29, 0.717) is 41.5 Å². The van der Waals surface area contributed by atoms with E-state index in [1.165, 1.54) is 25.1 Å². The molecule has 4 nitrogen and oxygen atoms in total. The number of nitrogens with zero attached hydrogens (tertiary/aromatic N) is 2. The van der Waals surface area contributed by atoms with Crippen LogP contribution in [0.15, 0.2) is 45.9 Å². The number of halogens is 7. The second-order valence-corrected chi connectivity index (χ2v) is 10.1. The van der Waals surface area contributed by atoms with E-state index >= 15 is 0 Å². The Balaban J connectivity index is 1.79. The summed E-state index contributed by atoms with van der Waals surface area (Å²) in [5.74, 6) is -2.39. The van der Waals surface area contributed by atoms with Crippen LogP contribution < -0.4 is 5.11 Å². The summed E-state index contributed by atoms with van der Waals surface area (Å²) >= 11 is 21.0. The summed E-state index contributed by atoms with van der Waals surface area (Å²) in [5.41, 5.74) is 0.608. The predicted octanol–water partition coefficient (Wildman–Crippen LogP) is 6.89. The highest BCUT2D eigenvalue weighted by atomic mass is 79.9. The number of rotatable bonds is 5. The first-order valence-electron chi connectivity index (χ1n) is 10.6. The minimum atomic E-state index is -4.60. The molecule has 11 heteroatoms. The third-order valence-corrected chi connectivity index (χ3v) is 7.49.